The zero-order valence-corrected chi connectivity index (χ0v) is 11.7. The Kier molecular flexibility index (Phi) is 3.95. The number of methoxy groups -OCH3 is 2. The summed E-state index contributed by atoms with van der Waals surface area (Å²) in [5.74, 6) is 2.78. The first-order valence-electron chi connectivity index (χ1n) is 6.11. The average molecular weight is 258 g/mol. The SMILES string of the molecule is COc1cc(C)ccc1Oc1cc(C)ccc1OC. The minimum Gasteiger partial charge on any atom is -0.493 e. The third-order valence-corrected chi connectivity index (χ3v) is 2.86. The number of rotatable bonds is 4. The summed E-state index contributed by atoms with van der Waals surface area (Å²) in [6.07, 6.45) is 0. The summed E-state index contributed by atoms with van der Waals surface area (Å²) in [7, 11) is 3.26. The van der Waals surface area contributed by atoms with Crippen molar-refractivity contribution in [1.82, 2.24) is 0 Å². The second-order valence-corrected chi connectivity index (χ2v) is 4.41. The quantitative estimate of drug-likeness (QED) is 0.825. The van der Waals surface area contributed by atoms with E-state index in [2.05, 4.69) is 0 Å². The molecule has 0 radical (unpaired) electrons. The second-order valence-electron chi connectivity index (χ2n) is 4.41. The monoisotopic (exact) mass is 258 g/mol. The van der Waals surface area contributed by atoms with Crippen molar-refractivity contribution >= 4 is 0 Å². The lowest BCUT2D eigenvalue weighted by Crippen LogP contribution is -1.94. The molecule has 0 saturated heterocycles. The number of aryl methyl sites for hydroxylation is 2. The molecule has 0 fully saturated rings. The Morgan fingerprint density at radius 1 is 0.632 bits per heavy atom. The van der Waals surface area contributed by atoms with Crippen LogP contribution in [0, 0.1) is 13.8 Å². The maximum absolute atomic E-state index is 5.91. The van der Waals surface area contributed by atoms with Crippen LogP contribution in [0.1, 0.15) is 11.1 Å². The van der Waals surface area contributed by atoms with Gasteiger partial charge in [-0.25, -0.2) is 0 Å². The third-order valence-electron chi connectivity index (χ3n) is 2.86. The molecule has 0 aromatic heterocycles. The lowest BCUT2D eigenvalue weighted by atomic mass is 10.2. The van der Waals surface area contributed by atoms with Crippen molar-refractivity contribution in [2.45, 2.75) is 13.8 Å². The molecule has 2 aromatic carbocycles. The Hall–Kier alpha value is -2.16. The van der Waals surface area contributed by atoms with Gasteiger partial charge in [0.1, 0.15) is 0 Å². The summed E-state index contributed by atoms with van der Waals surface area (Å²) in [5, 5.41) is 0. The number of hydrogen-bond donors (Lipinski definition) is 0. The van der Waals surface area contributed by atoms with E-state index in [-0.39, 0.29) is 0 Å². The number of benzene rings is 2. The summed E-state index contributed by atoms with van der Waals surface area (Å²) >= 11 is 0. The van der Waals surface area contributed by atoms with Gasteiger partial charge in [0.25, 0.3) is 0 Å². The topological polar surface area (TPSA) is 27.7 Å². The van der Waals surface area contributed by atoms with Gasteiger partial charge >= 0.3 is 0 Å². The average Bonchev–Trinajstić information content (AvgIpc) is 2.41. The zero-order chi connectivity index (χ0) is 13.8. The smallest absolute Gasteiger partial charge is 0.169 e. The van der Waals surface area contributed by atoms with Crippen molar-refractivity contribution in [3.63, 3.8) is 0 Å². The molecule has 0 bridgehead atoms. The van der Waals surface area contributed by atoms with Crippen molar-refractivity contribution in [3.8, 4) is 23.0 Å². The van der Waals surface area contributed by atoms with Crippen LogP contribution in [0.2, 0.25) is 0 Å². The van der Waals surface area contributed by atoms with Gasteiger partial charge in [0.15, 0.2) is 23.0 Å². The first-order chi connectivity index (χ1) is 9.13. The first kappa shape index (κ1) is 13.3. The van der Waals surface area contributed by atoms with Gasteiger partial charge in [-0.15, -0.1) is 0 Å². The van der Waals surface area contributed by atoms with Gasteiger partial charge in [0.2, 0.25) is 0 Å². The summed E-state index contributed by atoms with van der Waals surface area (Å²) in [6, 6.07) is 11.6. The lowest BCUT2D eigenvalue weighted by molar-refractivity contribution is 0.356. The molecule has 2 rings (SSSR count). The molecule has 3 heteroatoms. The number of hydrogen-bond acceptors (Lipinski definition) is 3. The predicted molar refractivity (Wildman–Crippen MR) is 75.5 cm³/mol. The van der Waals surface area contributed by atoms with E-state index in [0.29, 0.717) is 23.0 Å². The van der Waals surface area contributed by atoms with E-state index in [9.17, 15) is 0 Å². The molecule has 0 unspecified atom stereocenters. The Morgan fingerprint density at radius 3 is 1.74 bits per heavy atom. The van der Waals surface area contributed by atoms with Crippen LogP contribution in [0.3, 0.4) is 0 Å². The molecule has 0 saturated carbocycles. The summed E-state index contributed by atoms with van der Waals surface area (Å²) in [4.78, 5) is 0. The lowest BCUT2D eigenvalue weighted by Gasteiger charge is -2.14. The van der Waals surface area contributed by atoms with E-state index in [1.165, 1.54) is 0 Å². The largest absolute Gasteiger partial charge is 0.493 e. The van der Waals surface area contributed by atoms with Gasteiger partial charge in [-0.05, 0) is 49.2 Å². The van der Waals surface area contributed by atoms with E-state index in [1.807, 2.05) is 50.2 Å². The highest BCUT2D eigenvalue weighted by molar-refractivity contribution is 5.49. The van der Waals surface area contributed by atoms with E-state index in [4.69, 9.17) is 14.2 Å². The maximum atomic E-state index is 5.91. The Morgan fingerprint density at radius 2 is 1.16 bits per heavy atom. The highest BCUT2D eigenvalue weighted by atomic mass is 16.5. The molecular weight excluding hydrogens is 240 g/mol. The fourth-order valence-electron chi connectivity index (χ4n) is 1.84. The van der Waals surface area contributed by atoms with Crippen LogP contribution in [0.4, 0.5) is 0 Å². The van der Waals surface area contributed by atoms with E-state index in [0.717, 1.165) is 11.1 Å². The molecule has 3 nitrogen and oxygen atoms in total. The molecule has 0 spiro atoms. The van der Waals surface area contributed by atoms with Crippen LogP contribution in [0.25, 0.3) is 0 Å². The maximum Gasteiger partial charge on any atom is 0.169 e. The second kappa shape index (κ2) is 5.65. The van der Waals surface area contributed by atoms with Crippen molar-refractivity contribution < 1.29 is 14.2 Å². The van der Waals surface area contributed by atoms with Gasteiger partial charge in [-0.1, -0.05) is 12.1 Å². The fourth-order valence-corrected chi connectivity index (χ4v) is 1.84. The van der Waals surface area contributed by atoms with E-state index in [1.54, 1.807) is 14.2 Å². The molecule has 0 atom stereocenters. The van der Waals surface area contributed by atoms with Gasteiger partial charge in [0.05, 0.1) is 14.2 Å². The van der Waals surface area contributed by atoms with Crippen molar-refractivity contribution in [2.75, 3.05) is 14.2 Å². The Labute approximate surface area is 113 Å². The van der Waals surface area contributed by atoms with Crippen molar-refractivity contribution in [1.29, 1.82) is 0 Å². The molecule has 0 aliphatic rings. The Bertz CT molecular complexity index is 576. The van der Waals surface area contributed by atoms with Crippen LogP contribution in [0.15, 0.2) is 36.4 Å². The van der Waals surface area contributed by atoms with Gasteiger partial charge in [0, 0.05) is 0 Å². The number of ether oxygens (including phenoxy) is 3. The van der Waals surface area contributed by atoms with Gasteiger partial charge in [-0.2, -0.15) is 0 Å². The first-order valence-corrected chi connectivity index (χ1v) is 6.11. The van der Waals surface area contributed by atoms with Crippen LogP contribution in [-0.2, 0) is 0 Å². The molecule has 0 heterocycles. The van der Waals surface area contributed by atoms with Crippen molar-refractivity contribution in [3.05, 3.63) is 47.5 Å². The molecule has 2 aromatic rings. The molecule has 0 aliphatic heterocycles. The van der Waals surface area contributed by atoms with Crippen LogP contribution in [0.5, 0.6) is 23.0 Å². The summed E-state index contributed by atoms with van der Waals surface area (Å²) in [5.41, 5.74) is 2.24. The van der Waals surface area contributed by atoms with Gasteiger partial charge in [-0.3, -0.25) is 0 Å². The molecule has 0 N–H and O–H groups in total. The van der Waals surface area contributed by atoms with Crippen LogP contribution < -0.4 is 14.2 Å². The van der Waals surface area contributed by atoms with Gasteiger partial charge < -0.3 is 14.2 Å². The standard InChI is InChI=1S/C16H18O3/c1-11-6-8-14(15(9-11)18-4)19-16-10-12(2)5-7-13(16)17-3/h5-10H,1-4H3. The minimum absolute atomic E-state index is 0.678. The zero-order valence-electron chi connectivity index (χ0n) is 11.7. The van der Waals surface area contributed by atoms with E-state index >= 15 is 0 Å². The molecular formula is C16H18O3. The molecule has 0 amide bonds. The normalized spacial score (nSPS) is 10.1. The summed E-state index contributed by atoms with van der Waals surface area (Å²) in [6.45, 7) is 4.03. The summed E-state index contributed by atoms with van der Waals surface area (Å²) < 4.78 is 16.5. The van der Waals surface area contributed by atoms with Crippen LogP contribution >= 0.6 is 0 Å². The Balaban J connectivity index is 2.38. The fraction of sp³-hybridized carbons (Fsp3) is 0.250. The highest BCUT2D eigenvalue weighted by Gasteiger charge is 2.10. The van der Waals surface area contributed by atoms with Crippen LogP contribution in [-0.4, -0.2) is 14.2 Å². The van der Waals surface area contributed by atoms with E-state index < -0.39 is 0 Å². The third kappa shape index (κ3) is 2.99. The molecule has 19 heavy (non-hydrogen) atoms. The molecule has 100 valence electrons. The predicted octanol–water partition coefficient (Wildman–Crippen LogP) is 4.11. The van der Waals surface area contributed by atoms with Crippen molar-refractivity contribution in [2.24, 2.45) is 0 Å². The highest BCUT2D eigenvalue weighted by Crippen LogP contribution is 2.37. The minimum atomic E-state index is 0.678. The molecule has 0 aliphatic carbocycles.